The van der Waals surface area contributed by atoms with Gasteiger partial charge < -0.3 is 20.1 Å². The summed E-state index contributed by atoms with van der Waals surface area (Å²) in [4.78, 5) is 4.20. The van der Waals surface area contributed by atoms with Crippen molar-refractivity contribution in [1.29, 1.82) is 0 Å². The Balaban J connectivity index is 2.33. The molecular weight excluding hydrogens is 266 g/mol. The summed E-state index contributed by atoms with van der Waals surface area (Å²) in [6.07, 6.45) is 0.967. The number of ether oxygens (including phenoxy) is 2. The second-order valence-electron chi connectivity index (χ2n) is 4.57. The van der Waals surface area contributed by atoms with E-state index in [-0.39, 0.29) is 6.10 Å². The third-order valence-corrected chi connectivity index (χ3v) is 3.10. The Hall–Kier alpha value is -1.59. The lowest BCUT2D eigenvalue weighted by Gasteiger charge is -2.18. The molecule has 5 heteroatoms. The van der Waals surface area contributed by atoms with Crippen LogP contribution in [0, 0.1) is 0 Å². The predicted molar refractivity (Wildman–Crippen MR) is 86.7 cm³/mol. The molecule has 0 radical (unpaired) electrons. The van der Waals surface area contributed by atoms with E-state index in [0.717, 1.165) is 37.7 Å². The average Bonchev–Trinajstić information content (AvgIpc) is 2.54. The van der Waals surface area contributed by atoms with Crippen LogP contribution in [0.15, 0.2) is 35.3 Å². The zero-order valence-corrected chi connectivity index (χ0v) is 13.3. The van der Waals surface area contributed by atoms with E-state index in [4.69, 9.17) is 9.47 Å². The van der Waals surface area contributed by atoms with Gasteiger partial charge in [-0.3, -0.25) is 4.99 Å². The minimum atomic E-state index is 0.00757. The fourth-order valence-electron chi connectivity index (χ4n) is 1.94. The van der Waals surface area contributed by atoms with E-state index in [1.54, 1.807) is 14.2 Å². The van der Waals surface area contributed by atoms with Gasteiger partial charge in [-0.15, -0.1) is 0 Å². The van der Waals surface area contributed by atoms with E-state index < -0.39 is 0 Å². The van der Waals surface area contributed by atoms with Crippen molar-refractivity contribution >= 4 is 5.96 Å². The molecule has 0 aliphatic rings. The number of guanidine groups is 1. The lowest BCUT2D eigenvalue weighted by Crippen LogP contribution is -2.40. The zero-order chi connectivity index (χ0) is 15.3. The first kappa shape index (κ1) is 17.5. The van der Waals surface area contributed by atoms with E-state index in [9.17, 15) is 0 Å². The minimum absolute atomic E-state index is 0.00757. The van der Waals surface area contributed by atoms with Crippen LogP contribution < -0.4 is 10.6 Å². The smallest absolute Gasteiger partial charge is 0.191 e. The van der Waals surface area contributed by atoms with Crippen LogP contribution in [0.5, 0.6) is 0 Å². The number of hydrogen-bond acceptors (Lipinski definition) is 3. The maximum absolute atomic E-state index is 5.52. The summed E-state index contributed by atoms with van der Waals surface area (Å²) < 4.78 is 10.8. The molecule has 0 saturated heterocycles. The van der Waals surface area contributed by atoms with E-state index in [2.05, 4.69) is 27.8 Å². The number of hydrogen-bond donors (Lipinski definition) is 2. The van der Waals surface area contributed by atoms with Crippen molar-refractivity contribution in [1.82, 2.24) is 10.6 Å². The van der Waals surface area contributed by atoms with Gasteiger partial charge >= 0.3 is 0 Å². The zero-order valence-electron chi connectivity index (χ0n) is 13.3. The molecule has 2 N–H and O–H groups in total. The standard InChI is InChI=1S/C16H27N3O2/c1-4-21-12-8-11-18-16(17-2)19-13-15(20-3)14-9-6-5-7-10-14/h5-7,9-10,15H,4,8,11-13H2,1-3H3,(H2,17,18,19). The monoisotopic (exact) mass is 293 g/mol. The van der Waals surface area contributed by atoms with Crippen molar-refractivity contribution in [3.8, 4) is 0 Å². The molecule has 0 saturated carbocycles. The fraction of sp³-hybridized carbons (Fsp3) is 0.562. The largest absolute Gasteiger partial charge is 0.382 e. The summed E-state index contributed by atoms with van der Waals surface area (Å²) in [6, 6.07) is 10.2. The van der Waals surface area contributed by atoms with Crippen LogP contribution >= 0.6 is 0 Å². The topological polar surface area (TPSA) is 54.9 Å². The van der Waals surface area contributed by atoms with E-state index in [1.165, 1.54) is 0 Å². The Morgan fingerprint density at radius 1 is 1.24 bits per heavy atom. The number of benzene rings is 1. The molecule has 0 spiro atoms. The highest BCUT2D eigenvalue weighted by Gasteiger charge is 2.10. The molecule has 21 heavy (non-hydrogen) atoms. The molecule has 0 aliphatic heterocycles. The summed E-state index contributed by atoms with van der Waals surface area (Å²) in [5.41, 5.74) is 1.15. The van der Waals surface area contributed by atoms with Gasteiger partial charge in [0.2, 0.25) is 0 Å². The molecule has 0 aliphatic carbocycles. The lowest BCUT2D eigenvalue weighted by atomic mass is 10.1. The highest BCUT2D eigenvalue weighted by molar-refractivity contribution is 5.79. The van der Waals surface area contributed by atoms with Gasteiger partial charge in [-0.2, -0.15) is 0 Å². The number of methoxy groups -OCH3 is 1. The number of nitrogens with zero attached hydrogens (tertiary/aromatic N) is 1. The molecule has 1 unspecified atom stereocenters. The molecule has 1 atom stereocenters. The van der Waals surface area contributed by atoms with Crippen molar-refractivity contribution in [3.63, 3.8) is 0 Å². The normalized spacial score (nSPS) is 13.0. The highest BCUT2D eigenvalue weighted by Crippen LogP contribution is 2.14. The molecule has 5 nitrogen and oxygen atoms in total. The Morgan fingerprint density at radius 2 is 2.00 bits per heavy atom. The van der Waals surface area contributed by atoms with Crippen molar-refractivity contribution in [2.45, 2.75) is 19.4 Å². The molecule has 0 heterocycles. The summed E-state index contributed by atoms with van der Waals surface area (Å²) in [5, 5.41) is 6.55. The van der Waals surface area contributed by atoms with Gasteiger partial charge in [-0.25, -0.2) is 0 Å². The van der Waals surface area contributed by atoms with Crippen LogP contribution in [0.4, 0.5) is 0 Å². The summed E-state index contributed by atoms with van der Waals surface area (Å²) in [7, 11) is 3.49. The van der Waals surface area contributed by atoms with Crippen molar-refractivity contribution in [2.24, 2.45) is 4.99 Å². The van der Waals surface area contributed by atoms with Crippen LogP contribution in [0.25, 0.3) is 0 Å². The summed E-state index contributed by atoms with van der Waals surface area (Å²) >= 11 is 0. The van der Waals surface area contributed by atoms with Gasteiger partial charge in [0.15, 0.2) is 5.96 Å². The van der Waals surface area contributed by atoms with Gasteiger partial charge in [-0.1, -0.05) is 30.3 Å². The van der Waals surface area contributed by atoms with Crippen LogP contribution in [0.3, 0.4) is 0 Å². The molecule has 0 aromatic heterocycles. The third-order valence-electron chi connectivity index (χ3n) is 3.10. The van der Waals surface area contributed by atoms with Gasteiger partial charge in [0.25, 0.3) is 0 Å². The molecule has 1 aromatic carbocycles. The Bertz CT molecular complexity index is 396. The lowest BCUT2D eigenvalue weighted by molar-refractivity contribution is 0.106. The number of aliphatic imine (C=N–C) groups is 1. The summed E-state index contributed by atoms with van der Waals surface area (Å²) in [6.45, 7) is 5.04. The van der Waals surface area contributed by atoms with E-state index in [0.29, 0.717) is 6.54 Å². The van der Waals surface area contributed by atoms with Crippen LogP contribution in [-0.4, -0.2) is 46.4 Å². The van der Waals surface area contributed by atoms with Crippen molar-refractivity contribution < 1.29 is 9.47 Å². The SMILES string of the molecule is CCOCCCNC(=NC)NCC(OC)c1ccccc1. The maximum Gasteiger partial charge on any atom is 0.191 e. The summed E-state index contributed by atoms with van der Waals surface area (Å²) in [5.74, 6) is 0.782. The predicted octanol–water partition coefficient (Wildman–Crippen LogP) is 1.97. The minimum Gasteiger partial charge on any atom is -0.382 e. The molecule has 118 valence electrons. The van der Waals surface area contributed by atoms with E-state index in [1.807, 2.05) is 25.1 Å². The van der Waals surface area contributed by atoms with Gasteiger partial charge in [0, 0.05) is 40.5 Å². The van der Waals surface area contributed by atoms with E-state index >= 15 is 0 Å². The second-order valence-corrected chi connectivity index (χ2v) is 4.57. The second kappa shape index (κ2) is 11.1. The van der Waals surface area contributed by atoms with Crippen LogP contribution in [0.1, 0.15) is 25.0 Å². The van der Waals surface area contributed by atoms with Gasteiger partial charge in [0.1, 0.15) is 0 Å². The molecule has 1 rings (SSSR count). The third kappa shape index (κ3) is 7.11. The van der Waals surface area contributed by atoms with Gasteiger partial charge in [0.05, 0.1) is 6.10 Å². The Morgan fingerprint density at radius 3 is 2.62 bits per heavy atom. The molecule has 0 amide bonds. The Kier molecular flexibility index (Phi) is 9.24. The van der Waals surface area contributed by atoms with Crippen LogP contribution in [-0.2, 0) is 9.47 Å². The van der Waals surface area contributed by atoms with Crippen molar-refractivity contribution in [3.05, 3.63) is 35.9 Å². The van der Waals surface area contributed by atoms with Crippen molar-refractivity contribution in [2.75, 3.05) is 40.5 Å². The Labute approximate surface area is 127 Å². The molecule has 0 bridgehead atoms. The van der Waals surface area contributed by atoms with Crippen LogP contribution in [0.2, 0.25) is 0 Å². The molecule has 0 fully saturated rings. The van der Waals surface area contributed by atoms with Gasteiger partial charge in [-0.05, 0) is 18.9 Å². The molecule has 1 aromatic rings. The average molecular weight is 293 g/mol. The first-order valence-electron chi connectivity index (χ1n) is 7.41. The quantitative estimate of drug-likeness (QED) is 0.415. The fourth-order valence-corrected chi connectivity index (χ4v) is 1.94. The maximum atomic E-state index is 5.52. The number of nitrogens with one attached hydrogen (secondary N) is 2. The highest BCUT2D eigenvalue weighted by atomic mass is 16.5. The number of rotatable bonds is 9. The first-order valence-corrected chi connectivity index (χ1v) is 7.41. The molecular formula is C16H27N3O2. The first-order chi connectivity index (χ1) is 10.3.